The molecule has 0 radical (unpaired) electrons. The Hall–Kier alpha value is -2.20. The third-order valence-electron chi connectivity index (χ3n) is 3.35. The van der Waals surface area contributed by atoms with E-state index in [1.807, 2.05) is 19.9 Å². The average molecular weight is 273 g/mol. The van der Waals surface area contributed by atoms with Crippen LogP contribution in [0.4, 0.5) is 0 Å². The molecule has 0 aliphatic carbocycles. The number of hydrogen-bond donors (Lipinski definition) is 4. The molecule has 4 N–H and O–H groups in total. The quantitative estimate of drug-likeness (QED) is 0.690. The normalized spacial score (nSPS) is 13.9. The molecule has 0 amide bonds. The van der Waals surface area contributed by atoms with Gasteiger partial charge in [0.2, 0.25) is 0 Å². The first-order valence-electron chi connectivity index (χ1n) is 6.54. The lowest BCUT2D eigenvalue weighted by Crippen LogP contribution is -2.22. The Labute approximate surface area is 118 Å². The van der Waals surface area contributed by atoms with Crippen molar-refractivity contribution in [3.63, 3.8) is 0 Å². The molecule has 0 aliphatic rings. The summed E-state index contributed by atoms with van der Waals surface area (Å²) in [4.78, 5) is 0. The van der Waals surface area contributed by atoms with Crippen LogP contribution in [0, 0.1) is 0 Å². The molecule has 4 nitrogen and oxygen atoms in total. The van der Waals surface area contributed by atoms with E-state index >= 15 is 0 Å². The van der Waals surface area contributed by atoms with Crippen LogP contribution in [0.25, 0.3) is 0 Å². The maximum atomic E-state index is 9.85. The zero-order valence-corrected chi connectivity index (χ0v) is 11.5. The predicted octanol–water partition coefficient (Wildman–Crippen LogP) is 3.22. The molecular formula is C16H19NO3. The maximum Gasteiger partial charge on any atom is 0.124 e. The van der Waals surface area contributed by atoms with Crippen molar-refractivity contribution in [3.05, 3.63) is 53.6 Å². The SMILES string of the molecule is CC(NC(C)c1ccc(O)cc1O)c1cccc(O)c1. The standard InChI is InChI=1S/C16H19NO3/c1-10(12-4-3-5-13(18)8-12)17-11(2)15-7-6-14(19)9-16(15)20/h3-11,17-20H,1-2H3. The third kappa shape index (κ3) is 3.22. The Balaban J connectivity index is 2.12. The highest BCUT2D eigenvalue weighted by Crippen LogP contribution is 2.29. The van der Waals surface area contributed by atoms with Gasteiger partial charge in [0.1, 0.15) is 17.2 Å². The molecule has 2 rings (SSSR count). The van der Waals surface area contributed by atoms with Crippen LogP contribution in [-0.2, 0) is 0 Å². The minimum absolute atomic E-state index is 0.0188. The molecule has 2 unspecified atom stereocenters. The lowest BCUT2D eigenvalue weighted by molar-refractivity contribution is 0.426. The zero-order valence-electron chi connectivity index (χ0n) is 11.5. The number of nitrogens with one attached hydrogen (secondary N) is 1. The summed E-state index contributed by atoms with van der Waals surface area (Å²) in [7, 11) is 0. The Kier molecular flexibility index (Phi) is 4.15. The Morgan fingerprint density at radius 2 is 1.55 bits per heavy atom. The Morgan fingerprint density at radius 3 is 2.20 bits per heavy atom. The lowest BCUT2D eigenvalue weighted by atomic mass is 10.0. The van der Waals surface area contributed by atoms with Crippen molar-refractivity contribution in [3.8, 4) is 17.2 Å². The molecule has 2 aromatic carbocycles. The molecule has 20 heavy (non-hydrogen) atoms. The highest BCUT2D eigenvalue weighted by atomic mass is 16.3. The summed E-state index contributed by atoms with van der Waals surface area (Å²) < 4.78 is 0. The smallest absolute Gasteiger partial charge is 0.124 e. The minimum Gasteiger partial charge on any atom is -0.508 e. The summed E-state index contributed by atoms with van der Waals surface area (Å²) in [6.45, 7) is 3.92. The molecule has 2 aromatic rings. The Morgan fingerprint density at radius 1 is 0.850 bits per heavy atom. The molecule has 0 aromatic heterocycles. The van der Waals surface area contributed by atoms with Gasteiger partial charge in [-0.25, -0.2) is 0 Å². The molecule has 0 saturated heterocycles. The van der Waals surface area contributed by atoms with E-state index in [0.717, 1.165) is 11.1 Å². The molecule has 0 spiro atoms. The summed E-state index contributed by atoms with van der Waals surface area (Å²) in [5.74, 6) is 0.337. The van der Waals surface area contributed by atoms with Crippen molar-refractivity contribution >= 4 is 0 Å². The van der Waals surface area contributed by atoms with Gasteiger partial charge in [0.15, 0.2) is 0 Å². The van der Waals surface area contributed by atoms with E-state index in [2.05, 4.69) is 5.32 Å². The van der Waals surface area contributed by atoms with Crippen LogP contribution >= 0.6 is 0 Å². The first kappa shape index (κ1) is 14.2. The largest absolute Gasteiger partial charge is 0.508 e. The Bertz CT molecular complexity index is 598. The van der Waals surface area contributed by atoms with E-state index in [4.69, 9.17) is 0 Å². The van der Waals surface area contributed by atoms with Gasteiger partial charge in [-0.15, -0.1) is 0 Å². The van der Waals surface area contributed by atoms with Crippen LogP contribution in [0.3, 0.4) is 0 Å². The second-order valence-corrected chi connectivity index (χ2v) is 4.95. The van der Waals surface area contributed by atoms with Crippen molar-refractivity contribution in [1.29, 1.82) is 0 Å². The summed E-state index contributed by atoms with van der Waals surface area (Å²) in [6, 6.07) is 11.6. The third-order valence-corrected chi connectivity index (χ3v) is 3.35. The van der Waals surface area contributed by atoms with Crippen LogP contribution < -0.4 is 5.32 Å². The van der Waals surface area contributed by atoms with Crippen LogP contribution in [0.1, 0.15) is 37.1 Å². The second kappa shape index (κ2) is 5.84. The minimum atomic E-state index is -0.0899. The lowest BCUT2D eigenvalue weighted by Gasteiger charge is -2.21. The molecule has 0 saturated carbocycles. The van der Waals surface area contributed by atoms with E-state index in [9.17, 15) is 15.3 Å². The average Bonchev–Trinajstić information content (AvgIpc) is 2.38. The summed E-state index contributed by atoms with van der Waals surface area (Å²) >= 11 is 0. The summed E-state index contributed by atoms with van der Waals surface area (Å²) in [6.07, 6.45) is 0. The number of aromatic hydroxyl groups is 3. The van der Waals surface area contributed by atoms with Crippen molar-refractivity contribution in [1.82, 2.24) is 5.32 Å². The van der Waals surface area contributed by atoms with Gasteiger partial charge in [0.25, 0.3) is 0 Å². The maximum absolute atomic E-state index is 9.85. The molecule has 0 bridgehead atoms. The fraction of sp³-hybridized carbons (Fsp3) is 0.250. The van der Waals surface area contributed by atoms with Crippen LogP contribution in [-0.4, -0.2) is 15.3 Å². The predicted molar refractivity (Wildman–Crippen MR) is 77.8 cm³/mol. The first-order chi connectivity index (χ1) is 9.47. The molecule has 0 aliphatic heterocycles. The van der Waals surface area contributed by atoms with Gasteiger partial charge >= 0.3 is 0 Å². The van der Waals surface area contributed by atoms with Gasteiger partial charge in [-0.1, -0.05) is 18.2 Å². The number of benzene rings is 2. The van der Waals surface area contributed by atoms with E-state index in [1.54, 1.807) is 30.3 Å². The molecule has 2 atom stereocenters. The molecule has 106 valence electrons. The molecule has 4 heteroatoms. The number of phenolic OH excluding ortho intramolecular Hbond substituents is 3. The second-order valence-electron chi connectivity index (χ2n) is 4.95. The van der Waals surface area contributed by atoms with Gasteiger partial charge in [0.05, 0.1) is 0 Å². The highest BCUT2D eigenvalue weighted by molar-refractivity contribution is 5.40. The summed E-state index contributed by atoms with van der Waals surface area (Å²) in [5, 5.41) is 32.0. The fourth-order valence-electron chi connectivity index (χ4n) is 2.25. The van der Waals surface area contributed by atoms with Crippen LogP contribution in [0.2, 0.25) is 0 Å². The zero-order chi connectivity index (χ0) is 14.7. The van der Waals surface area contributed by atoms with Crippen molar-refractivity contribution in [2.45, 2.75) is 25.9 Å². The molecular weight excluding hydrogens is 254 g/mol. The van der Waals surface area contributed by atoms with Crippen molar-refractivity contribution in [2.24, 2.45) is 0 Å². The number of phenols is 3. The van der Waals surface area contributed by atoms with Crippen molar-refractivity contribution in [2.75, 3.05) is 0 Å². The van der Waals surface area contributed by atoms with Crippen LogP contribution in [0.15, 0.2) is 42.5 Å². The van der Waals surface area contributed by atoms with E-state index in [1.165, 1.54) is 6.07 Å². The van der Waals surface area contributed by atoms with Gasteiger partial charge in [-0.05, 0) is 37.6 Å². The van der Waals surface area contributed by atoms with Gasteiger partial charge in [-0.3, -0.25) is 0 Å². The topological polar surface area (TPSA) is 72.7 Å². The van der Waals surface area contributed by atoms with Gasteiger partial charge in [0, 0.05) is 23.7 Å². The summed E-state index contributed by atoms with van der Waals surface area (Å²) in [5.41, 5.74) is 1.69. The van der Waals surface area contributed by atoms with E-state index in [-0.39, 0.29) is 29.3 Å². The monoisotopic (exact) mass is 273 g/mol. The number of rotatable bonds is 4. The fourth-order valence-corrected chi connectivity index (χ4v) is 2.25. The van der Waals surface area contributed by atoms with E-state index < -0.39 is 0 Å². The first-order valence-corrected chi connectivity index (χ1v) is 6.54. The molecule has 0 heterocycles. The van der Waals surface area contributed by atoms with Gasteiger partial charge < -0.3 is 20.6 Å². The van der Waals surface area contributed by atoms with E-state index in [0.29, 0.717) is 0 Å². The van der Waals surface area contributed by atoms with Crippen molar-refractivity contribution < 1.29 is 15.3 Å². The number of hydrogen-bond acceptors (Lipinski definition) is 4. The molecule has 0 fully saturated rings. The van der Waals surface area contributed by atoms with Gasteiger partial charge in [-0.2, -0.15) is 0 Å². The van der Waals surface area contributed by atoms with Crippen LogP contribution in [0.5, 0.6) is 17.2 Å². The highest BCUT2D eigenvalue weighted by Gasteiger charge is 2.14.